The second-order valence-electron chi connectivity index (χ2n) is 5.47. The van der Waals surface area contributed by atoms with Gasteiger partial charge in [-0.2, -0.15) is 15.1 Å². The van der Waals surface area contributed by atoms with Crippen molar-refractivity contribution >= 4 is 28.5 Å². The molecule has 2 N–H and O–H groups in total. The number of aromatic amines is 1. The van der Waals surface area contributed by atoms with Crippen molar-refractivity contribution in [1.29, 1.82) is 0 Å². The number of hydrogen-bond donors (Lipinski definition) is 2. The van der Waals surface area contributed by atoms with Gasteiger partial charge in [0.2, 0.25) is 5.28 Å². The molecule has 0 saturated heterocycles. The molecule has 2 heterocycles. The second kappa shape index (κ2) is 4.72. The molecule has 0 aliphatic rings. The molecule has 0 fully saturated rings. The maximum absolute atomic E-state index is 5.88. The maximum atomic E-state index is 5.88. The molecule has 0 spiro atoms. The van der Waals surface area contributed by atoms with Crippen molar-refractivity contribution in [3.05, 3.63) is 11.5 Å². The van der Waals surface area contributed by atoms with Gasteiger partial charge in [0.15, 0.2) is 5.65 Å². The average Bonchev–Trinajstić information content (AvgIpc) is 2.73. The fourth-order valence-corrected chi connectivity index (χ4v) is 1.63. The zero-order valence-corrected chi connectivity index (χ0v) is 11.8. The van der Waals surface area contributed by atoms with E-state index >= 15 is 0 Å². The Hall–Kier alpha value is -1.36. The molecule has 0 aliphatic carbocycles. The van der Waals surface area contributed by atoms with Crippen LogP contribution in [0.1, 0.15) is 27.7 Å². The number of hydrogen-bond acceptors (Lipinski definition) is 4. The quantitative estimate of drug-likeness (QED) is 0.836. The Morgan fingerprint density at radius 1 is 1.39 bits per heavy atom. The summed E-state index contributed by atoms with van der Waals surface area (Å²) in [5.41, 5.74) is 0.827. The van der Waals surface area contributed by atoms with Crippen molar-refractivity contribution in [3.63, 3.8) is 0 Å². The Morgan fingerprint density at radius 2 is 2.11 bits per heavy atom. The van der Waals surface area contributed by atoms with E-state index in [2.05, 4.69) is 53.2 Å². The van der Waals surface area contributed by atoms with Gasteiger partial charge < -0.3 is 5.32 Å². The Balaban J connectivity index is 2.24. The zero-order valence-electron chi connectivity index (χ0n) is 11.1. The van der Waals surface area contributed by atoms with E-state index in [1.807, 2.05) is 0 Å². The third-order valence-corrected chi connectivity index (χ3v) is 3.73. The van der Waals surface area contributed by atoms with Crippen LogP contribution in [0.5, 0.6) is 0 Å². The topological polar surface area (TPSA) is 66.5 Å². The first-order valence-corrected chi connectivity index (χ1v) is 6.38. The van der Waals surface area contributed by atoms with Crippen molar-refractivity contribution in [2.45, 2.75) is 27.7 Å². The van der Waals surface area contributed by atoms with E-state index < -0.39 is 0 Å². The SMILES string of the molecule is CC(C)C(C)(C)CNc1nc(Cl)nc2[nH]ncc12. The predicted molar refractivity (Wildman–Crippen MR) is 73.8 cm³/mol. The number of nitrogens with one attached hydrogen (secondary N) is 2. The smallest absolute Gasteiger partial charge is 0.226 e. The van der Waals surface area contributed by atoms with E-state index in [1.165, 1.54) is 0 Å². The molecule has 2 aromatic rings. The lowest BCUT2D eigenvalue weighted by molar-refractivity contribution is 0.269. The van der Waals surface area contributed by atoms with Gasteiger partial charge in [0, 0.05) is 6.54 Å². The first-order chi connectivity index (χ1) is 8.40. The van der Waals surface area contributed by atoms with E-state index in [-0.39, 0.29) is 10.7 Å². The first-order valence-electron chi connectivity index (χ1n) is 6.00. The van der Waals surface area contributed by atoms with Crippen LogP contribution >= 0.6 is 11.6 Å². The van der Waals surface area contributed by atoms with Crippen molar-refractivity contribution in [1.82, 2.24) is 20.2 Å². The third kappa shape index (κ3) is 2.56. The summed E-state index contributed by atoms with van der Waals surface area (Å²) in [5.74, 6) is 1.30. The van der Waals surface area contributed by atoms with Crippen LogP contribution in [0.4, 0.5) is 5.82 Å². The standard InChI is InChI=1S/C12H18ClN5/c1-7(2)12(3,4)6-14-9-8-5-15-18-10(8)17-11(13)16-9/h5,7H,6H2,1-4H3,(H2,14,15,16,17,18). The van der Waals surface area contributed by atoms with Crippen LogP contribution < -0.4 is 5.32 Å². The van der Waals surface area contributed by atoms with Crippen LogP contribution in [-0.4, -0.2) is 26.7 Å². The summed E-state index contributed by atoms with van der Waals surface area (Å²) in [7, 11) is 0. The van der Waals surface area contributed by atoms with E-state index in [0.29, 0.717) is 11.6 Å². The molecule has 18 heavy (non-hydrogen) atoms. The molecule has 2 aromatic heterocycles. The lowest BCUT2D eigenvalue weighted by Crippen LogP contribution is -2.28. The lowest BCUT2D eigenvalue weighted by atomic mass is 9.81. The Kier molecular flexibility index (Phi) is 3.43. The monoisotopic (exact) mass is 267 g/mol. The van der Waals surface area contributed by atoms with Gasteiger partial charge in [-0.25, -0.2) is 0 Å². The highest BCUT2D eigenvalue weighted by molar-refractivity contribution is 6.28. The van der Waals surface area contributed by atoms with Crippen LogP contribution in [0.25, 0.3) is 11.0 Å². The Bertz CT molecular complexity index is 546. The summed E-state index contributed by atoms with van der Waals surface area (Å²) >= 11 is 5.88. The fourth-order valence-electron chi connectivity index (χ4n) is 1.46. The molecule has 6 heteroatoms. The van der Waals surface area contributed by atoms with Crippen LogP contribution in [-0.2, 0) is 0 Å². The number of halogens is 1. The summed E-state index contributed by atoms with van der Waals surface area (Å²) in [5, 5.41) is 11.2. The normalized spacial score (nSPS) is 12.3. The van der Waals surface area contributed by atoms with Crippen molar-refractivity contribution in [2.75, 3.05) is 11.9 Å². The third-order valence-electron chi connectivity index (χ3n) is 3.56. The Morgan fingerprint density at radius 3 is 2.78 bits per heavy atom. The van der Waals surface area contributed by atoms with Gasteiger partial charge in [-0.3, -0.25) is 5.10 Å². The van der Waals surface area contributed by atoms with Crippen molar-refractivity contribution in [3.8, 4) is 0 Å². The van der Waals surface area contributed by atoms with E-state index in [4.69, 9.17) is 11.6 Å². The highest BCUT2D eigenvalue weighted by atomic mass is 35.5. The molecule has 0 saturated carbocycles. The van der Waals surface area contributed by atoms with Gasteiger partial charge in [-0.05, 0) is 22.9 Å². The number of H-pyrrole nitrogens is 1. The Labute approximate surface area is 111 Å². The minimum Gasteiger partial charge on any atom is -0.369 e. The van der Waals surface area contributed by atoms with Crippen LogP contribution in [0.3, 0.4) is 0 Å². The molecule has 0 amide bonds. The first kappa shape index (κ1) is 13.1. The van der Waals surface area contributed by atoms with Gasteiger partial charge in [0.1, 0.15) is 5.82 Å². The molecule has 0 aliphatic heterocycles. The molecule has 0 atom stereocenters. The van der Waals surface area contributed by atoms with E-state index in [0.717, 1.165) is 17.7 Å². The number of fused-ring (bicyclic) bond motifs is 1. The summed E-state index contributed by atoms with van der Waals surface area (Å²) in [6.07, 6.45) is 1.70. The van der Waals surface area contributed by atoms with Crippen LogP contribution in [0.2, 0.25) is 5.28 Å². The molecule has 0 radical (unpaired) electrons. The van der Waals surface area contributed by atoms with E-state index in [1.54, 1.807) is 6.20 Å². The zero-order chi connectivity index (χ0) is 13.3. The maximum Gasteiger partial charge on any atom is 0.226 e. The molecule has 0 aromatic carbocycles. The van der Waals surface area contributed by atoms with Gasteiger partial charge >= 0.3 is 0 Å². The lowest BCUT2D eigenvalue weighted by Gasteiger charge is -2.29. The molecule has 2 rings (SSSR count). The molecular weight excluding hydrogens is 250 g/mol. The largest absolute Gasteiger partial charge is 0.369 e. The van der Waals surface area contributed by atoms with Crippen LogP contribution in [0.15, 0.2) is 6.20 Å². The number of nitrogens with zero attached hydrogens (tertiary/aromatic N) is 3. The predicted octanol–water partition coefficient (Wildman–Crippen LogP) is 3.10. The summed E-state index contributed by atoms with van der Waals surface area (Å²) in [6, 6.07) is 0. The summed E-state index contributed by atoms with van der Waals surface area (Å²) in [4.78, 5) is 8.29. The minimum absolute atomic E-state index is 0.174. The minimum atomic E-state index is 0.174. The van der Waals surface area contributed by atoms with Gasteiger partial charge in [0.25, 0.3) is 0 Å². The van der Waals surface area contributed by atoms with E-state index in [9.17, 15) is 0 Å². The molecule has 5 nitrogen and oxygen atoms in total. The summed E-state index contributed by atoms with van der Waals surface area (Å²) < 4.78 is 0. The highest BCUT2D eigenvalue weighted by Crippen LogP contribution is 2.27. The molecule has 0 bridgehead atoms. The summed E-state index contributed by atoms with van der Waals surface area (Å²) in [6.45, 7) is 9.68. The highest BCUT2D eigenvalue weighted by Gasteiger charge is 2.22. The van der Waals surface area contributed by atoms with Crippen LogP contribution in [0, 0.1) is 11.3 Å². The number of aromatic nitrogens is 4. The molecule has 0 unspecified atom stereocenters. The number of anilines is 1. The molecular formula is C12H18ClN5. The second-order valence-corrected chi connectivity index (χ2v) is 5.81. The van der Waals surface area contributed by atoms with Gasteiger partial charge in [0.05, 0.1) is 11.6 Å². The van der Waals surface area contributed by atoms with Gasteiger partial charge in [-0.15, -0.1) is 0 Å². The van der Waals surface area contributed by atoms with Crippen molar-refractivity contribution in [2.24, 2.45) is 11.3 Å². The fraction of sp³-hybridized carbons (Fsp3) is 0.583. The average molecular weight is 268 g/mol. The van der Waals surface area contributed by atoms with Crippen molar-refractivity contribution < 1.29 is 0 Å². The molecule has 98 valence electrons. The van der Waals surface area contributed by atoms with Gasteiger partial charge in [-0.1, -0.05) is 27.7 Å². The number of rotatable bonds is 4.